The lowest BCUT2D eigenvalue weighted by Crippen LogP contribution is -2.36. The zero-order valence-corrected chi connectivity index (χ0v) is 14.9. The zero-order valence-electron chi connectivity index (χ0n) is 12.5. The Morgan fingerprint density at radius 3 is 2.40 bits per heavy atom. The lowest BCUT2D eigenvalue weighted by molar-refractivity contribution is 0.252. The molecule has 6 heteroatoms. The molecule has 20 heavy (non-hydrogen) atoms. The number of sulfonamides is 1. The van der Waals surface area contributed by atoms with E-state index in [4.69, 9.17) is 4.74 Å². The predicted molar refractivity (Wildman–Crippen MR) is 84.5 cm³/mol. The van der Waals surface area contributed by atoms with Gasteiger partial charge in [-0.1, -0.05) is 27.7 Å². The van der Waals surface area contributed by atoms with E-state index in [-0.39, 0.29) is 10.3 Å². The molecule has 0 saturated heterocycles. The topological polar surface area (TPSA) is 55.4 Å². The summed E-state index contributed by atoms with van der Waals surface area (Å²) in [5, 5.41) is 0. The summed E-state index contributed by atoms with van der Waals surface area (Å²) in [4.78, 5) is 0.227. The molecular formula is C14H22BrNO3S. The molecule has 0 spiro atoms. The summed E-state index contributed by atoms with van der Waals surface area (Å²) >= 11 is 3.30. The molecule has 1 aromatic carbocycles. The molecule has 4 nitrogen and oxygen atoms in total. The van der Waals surface area contributed by atoms with E-state index >= 15 is 0 Å². The number of hydrogen-bond acceptors (Lipinski definition) is 3. The van der Waals surface area contributed by atoms with Crippen LogP contribution in [-0.2, 0) is 10.0 Å². The molecule has 0 fully saturated rings. The number of methoxy groups -OCH3 is 1. The van der Waals surface area contributed by atoms with Gasteiger partial charge in [-0.15, -0.1) is 0 Å². The number of hydrogen-bond donors (Lipinski definition) is 1. The fraction of sp³-hybridized carbons (Fsp3) is 0.571. The predicted octanol–water partition coefficient (Wildman–Crippen LogP) is 3.42. The monoisotopic (exact) mass is 363 g/mol. The fourth-order valence-electron chi connectivity index (χ4n) is 1.38. The van der Waals surface area contributed by atoms with E-state index in [1.807, 2.05) is 13.8 Å². The van der Waals surface area contributed by atoms with Crippen LogP contribution in [0.5, 0.6) is 5.75 Å². The average Bonchev–Trinajstić information content (AvgIpc) is 2.36. The molecule has 114 valence electrons. The Hall–Kier alpha value is -0.590. The van der Waals surface area contributed by atoms with Crippen LogP contribution in [0.1, 0.15) is 27.7 Å². The van der Waals surface area contributed by atoms with Crippen molar-refractivity contribution in [2.45, 2.75) is 32.6 Å². The molecule has 1 rings (SSSR count). The van der Waals surface area contributed by atoms with Crippen LogP contribution in [0.4, 0.5) is 0 Å². The van der Waals surface area contributed by atoms with Crippen LogP contribution in [0.2, 0.25) is 0 Å². The molecule has 0 amide bonds. The van der Waals surface area contributed by atoms with Crippen LogP contribution in [0.25, 0.3) is 0 Å². The summed E-state index contributed by atoms with van der Waals surface area (Å²) in [7, 11) is -1.97. The van der Waals surface area contributed by atoms with E-state index in [1.165, 1.54) is 13.2 Å². The molecule has 0 saturated carbocycles. The van der Waals surface area contributed by atoms with Gasteiger partial charge in [-0.05, 0) is 45.5 Å². The van der Waals surface area contributed by atoms with Gasteiger partial charge in [-0.25, -0.2) is 13.1 Å². The maximum Gasteiger partial charge on any atom is 0.240 e. The summed E-state index contributed by atoms with van der Waals surface area (Å²) in [5.74, 6) is 0.985. The highest BCUT2D eigenvalue weighted by molar-refractivity contribution is 9.10. The van der Waals surface area contributed by atoms with Crippen LogP contribution in [0, 0.1) is 11.3 Å². The minimum atomic E-state index is -3.51. The SMILES string of the molecule is COc1ccc(S(=O)(=O)NCC(C)(C)C(C)C)cc1Br. The van der Waals surface area contributed by atoms with Gasteiger partial charge < -0.3 is 4.74 Å². The third kappa shape index (κ3) is 4.20. The van der Waals surface area contributed by atoms with Crippen molar-refractivity contribution in [2.75, 3.05) is 13.7 Å². The van der Waals surface area contributed by atoms with Gasteiger partial charge in [0.2, 0.25) is 10.0 Å². The lowest BCUT2D eigenvalue weighted by atomic mass is 9.81. The summed E-state index contributed by atoms with van der Waals surface area (Å²) in [6.45, 7) is 8.65. The lowest BCUT2D eigenvalue weighted by Gasteiger charge is -2.29. The van der Waals surface area contributed by atoms with Crippen molar-refractivity contribution in [3.63, 3.8) is 0 Å². The van der Waals surface area contributed by atoms with E-state index in [1.54, 1.807) is 12.1 Å². The summed E-state index contributed by atoms with van der Waals surface area (Å²) in [5.41, 5.74) is -0.100. The zero-order chi connectivity index (χ0) is 15.6. The van der Waals surface area contributed by atoms with Crippen LogP contribution >= 0.6 is 15.9 Å². The summed E-state index contributed by atoms with van der Waals surface area (Å²) < 4.78 is 32.9. The molecule has 0 aliphatic heterocycles. The Bertz CT molecular complexity index is 568. The molecule has 0 aliphatic carbocycles. The maximum absolute atomic E-state index is 12.3. The molecule has 0 aliphatic rings. The van der Waals surface area contributed by atoms with Crippen LogP contribution < -0.4 is 9.46 Å². The van der Waals surface area contributed by atoms with Crippen LogP contribution in [0.15, 0.2) is 27.6 Å². The average molecular weight is 364 g/mol. The largest absolute Gasteiger partial charge is 0.496 e. The van der Waals surface area contributed by atoms with Gasteiger partial charge >= 0.3 is 0 Å². The number of ether oxygens (including phenoxy) is 1. The van der Waals surface area contributed by atoms with Crippen LogP contribution in [0.3, 0.4) is 0 Å². The quantitative estimate of drug-likeness (QED) is 0.842. The Morgan fingerprint density at radius 2 is 1.95 bits per heavy atom. The Morgan fingerprint density at radius 1 is 1.35 bits per heavy atom. The van der Waals surface area contributed by atoms with E-state index in [2.05, 4.69) is 34.5 Å². The van der Waals surface area contributed by atoms with Gasteiger partial charge in [-0.3, -0.25) is 0 Å². The molecule has 0 atom stereocenters. The minimum Gasteiger partial charge on any atom is -0.496 e. The van der Waals surface area contributed by atoms with Gasteiger partial charge in [0.25, 0.3) is 0 Å². The second-order valence-electron chi connectivity index (χ2n) is 5.76. The standard InChI is InChI=1S/C14H22BrNO3S/c1-10(2)14(3,4)9-16-20(17,18)11-6-7-13(19-5)12(15)8-11/h6-8,10,16H,9H2,1-5H3. The molecular weight excluding hydrogens is 342 g/mol. The van der Waals surface area contributed by atoms with Gasteiger partial charge in [-0.2, -0.15) is 0 Å². The minimum absolute atomic E-state index is 0.100. The summed E-state index contributed by atoms with van der Waals surface area (Å²) in [6, 6.07) is 4.71. The van der Waals surface area contributed by atoms with Crippen molar-refractivity contribution >= 4 is 26.0 Å². The second kappa shape index (κ2) is 6.45. The molecule has 0 radical (unpaired) electrons. The van der Waals surface area contributed by atoms with Gasteiger partial charge in [0.15, 0.2) is 0 Å². The second-order valence-corrected chi connectivity index (χ2v) is 8.39. The number of nitrogens with one attached hydrogen (secondary N) is 1. The Labute approximate surface area is 130 Å². The number of benzene rings is 1. The smallest absolute Gasteiger partial charge is 0.240 e. The van der Waals surface area contributed by atoms with Gasteiger partial charge in [0.1, 0.15) is 5.75 Å². The maximum atomic E-state index is 12.3. The Kier molecular flexibility index (Phi) is 5.63. The van der Waals surface area contributed by atoms with Gasteiger partial charge in [0.05, 0.1) is 16.5 Å². The number of halogens is 1. The van der Waals surface area contributed by atoms with Crippen LogP contribution in [-0.4, -0.2) is 22.1 Å². The number of rotatable bonds is 6. The molecule has 1 N–H and O–H groups in total. The fourth-order valence-corrected chi connectivity index (χ4v) is 3.32. The van der Waals surface area contributed by atoms with Crippen molar-refractivity contribution in [3.8, 4) is 5.75 Å². The van der Waals surface area contributed by atoms with E-state index in [9.17, 15) is 8.42 Å². The first-order valence-corrected chi connectivity index (χ1v) is 8.71. The summed E-state index contributed by atoms with van der Waals surface area (Å²) in [6.07, 6.45) is 0. The van der Waals surface area contributed by atoms with Gasteiger partial charge in [0, 0.05) is 6.54 Å². The highest BCUT2D eigenvalue weighted by atomic mass is 79.9. The van der Waals surface area contributed by atoms with E-state index < -0.39 is 10.0 Å². The molecule has 0 aromatic heterocycles. The first kappa shape index (κ1) is 17.5. The van der Waals surface area contributed by atoms with E-state index in [0.29, 0.717) is 22.7 Å². The third-order valence-corrected chi connectivity index (χ3v) is 5.73. The molecule has 0 unspecified atom stereocenters. The van der Waals surface area contributed by atoms with Crippen molar-refractivity contribution in [2.24, 2.45) is 11.3 Å². The molecule has 0 heterocycles. The first-order chi connectivity index (χ1) is 9.10. The van der Waals surface area contributed by atoms with E-state index in [0.717, 1.165) is 0 Å². The normalized spacial score (nSPS) is 12.8. The third-order valence-electron chi connectivity index (χ3n) is 3.71. The highest BCUT2D eigenvalue weighted by Crippen LogP contribution is 2.28. The Balaban J connectivity index is 2.92. The first-order valence-electron chi connectivity index (χ1n) is 6.43. The van der Waals surface area contributed by atoms with Crippen molar-refractivity contribution in [1.82, 2.24) is 4.72 Å². The highest BCUT2D eigenvalue weighted by Gasteiger charge is 2.25. The van der Waals surface area contributed by atoms with Crippen molar-refractivity contribution < 1.29 is 13.2 Å². The van der Waals surface area contributed by atoms with Crippen molar-refractivity contribution in [1.29, 1.82) is 0 Å². The molecule has 1 aromatic rings. The van der Waals surface area contributed by atoms with Crippen molar-refractivity contribution in [3.05, 3.63) is 22.7 Å². The molecule has 0 bridgehead atoms.